The Morgan fingerprint density at radius 1 is 1.31 bits per heavy atom. The molecule has 1 atom stereocenters. The predicted molar refractivity (Wildman–Crippen MR) is 117 cm³/mol. The van der Waals surface area contributed by atoms with E-state index in [0.29, 0.717) is 39.4 Å². The molecule has 29 heavy (non-hydrogen) atoms. The summed E-state index contributed by atoms with van der Waals surface area (Å²) >= 11 is 11.9. The molecule has 8 heteroatoms. The molecule has 1 aliphatic heterocycles. The van der Waals surface area contributed by atoms with Crippen LogP contribution < -0.4 is 14.8 Å². The molecule has 2 aromatic rings. The van der Waals surface area contributed by atoms with Crippen molar-refractivity contribution in [1.82, 2.24) is 4.90 Å². The molecule has 0 spiro atoms. The molecule has 1 N–H and O–H groups in total. The van der Waals surface area contributed by atoms with Crippen LogP contribution in [0, 0.1) is 5.82 Å². The lowest BCUT2D eigenvalue weighted by Crippen LogP contribution is -2.39. The van der Waals surface area contributed by atoms with E-state index < -0.39 is 0 Å². The normalized spacial score (nSPS) is 15.8. The van der Waals surface area contributed by atoms with Gasteiger partial charge in [0.2, 0.25) is 0 Å². The molecule has 1 aliphatic rings. The molecule has 0 aliphatic carbocycles. The highest BCUT2D eigenvalue weighted by Crippen LogP contribution is 2.30. The first-order chi connectivity index (χ1) is 14.0. The summed E-state index contributed by atoms with van der Waals surface area (Å²) in [6.45, 7) is 1.50. The van der Waals surface area contributed by atoms with Crippen molar-refractivity contribution in [2.75, 3.05) is 32.7 Å². The van der Waals surface area contributed by atoms with E-state index in [1.807, 2.05) is 17.0 Å². The zero-order valence-corrected chi connectivity index (χ0v) is 18.0. The number of hydrogen-bond acceptors (Lipinski definition) is 4. The molecule has 1 saturated heterocycles. The van der Waals surface area contributed by atoms with Gasteiger partial charge in [-0.1, -0.05) is 17.7 Å². The smallest absolute Gasteiger partial charge is 0.173 e. The lowest BCUT2D eigenvalue weighted by Gasteiger charge is -2.29. The predicted octanol–water partition coefficient (Wildman–Crippen LogP) is 4.87. The highest BCUT2D eigenvalue weighted by atomic mass is 35.5. The highest BCUT2D eigenvalue weighted by Gasteiger charge is 2.23. The summed E-state index contributed by atoms with van der Waals surface area (Å²) in [5, 5.41) is 4.00. The largest absolute Gasteiger partial charge is 0.497 e. The van der Waals surface area contributed by atoms with Gasteiger partial charge in [0.25, 0.3) is 0 Å². The van der Waals surface area contributed by atoms with Gasteiger partial charge in [0.1, 0.15) is 17.3 Å². The molecule has 3 rings (SSSR count). The zero-order chi connectivity index (χ0) is 20.8. The Kier molecular flexibility index (Phi) is 7.52. The highest BCUT2D eigenvalue weighted by molar-refractivity contribution is 7.80. The summed E-state index contributed by atoms with van der Waals surface area (Å²) in [5.74, 6) is 0.903. The summed E-state index contributed by atoms with van der Waals surface area (Å²) in [5.41, 5.74) is 1.09. The number of hydrogen-bond donors (Lipinski definition) is 1. The van der Waals surface area contributed by atoms with Crippen LogP contribution in [0.2, 0.25) is 5.02 Å². The second kappa shape index (κ2) is 10.1. The van der Waals surface area contributed by atoms with Crippen LogP contribution in [0.4, 0.5) is 10.1 Å². The van der Waals surface area contributed by atoms with Gasteiger partial charge in [-0.3, -0.25) is 0 Å². The number of rotatable bonds is 7. The minimum Gasteiger partial charge on any atom is -0.497 e. The van der Waals surface area contributed by atoms with Gasteiger partial charge >= 0.3 is 0 Å². The van der Waals surface area contributed by atoms with Crippen molar-refractivity contribution in [3.8, 4) is 11.5 Å². The van der Waals surface area contributed by atoms with Crippen molar-refractivity contribution in [3.05, 3.63) is 52.8 Å². The first-order valence-corrected chi connectivity index (χ1v) is 10.1. The summed E-state index contributed by atoms with van der Waals surface area (Å²) in [7, 11) is 3.17. The molecule has 1 unspecified atom stereocenters. The Bertz CT molecular complexity index is 842. The Hall–Kier alpha value is -2.09. The zero-order valence-electron chi connectivity index (χ0n) is 16.4. The fourth-order valence-corrected chi connectivity index (χ4v) is 3.70. The molecular formula is C21H24ClFN2O3S. The van der Waals surface area contributed by atoms with Crippen LogP contribution in [0.5, 0.6) is 11.5 Å². The molecule has 5 nitrogen and oxygen atoms in total. The summed E-state index contributed by atoms with van der Waals surface area (Å²) in [6.07, 6.45) is 1.99. The van der Waals surface area contributed by atoms with Crippen LogP contribution in [0.15, 0.2) is 36.4 Å². The third kappa shape index (κ3) is 5.50. The molecule has 0 radical (unpaired) electrons. The van der Waals surface area contributed by atoms with Gasteiger partial charge in [-0.15, -0.1) is 0 Å². The minimum atomic E-state index is -0.361. The molecule has 156 valence electrons. The van der Waals surface area contributed by atoms with Crippen LogP contribution in [0.1, 0.15) is 18.4 Å². The van der Waals surface area contributed by atoms with Crippen LogP contribution >= 0.6 is 23.8 Å². The molecule has 2 aromatic carbocycles. The molecule has 0 amide bonds. The lowest BCUT2D eigenvalue weighted by atomic mass is 10.1. The van der Waals surface area contributed by atoms with Gasteiger partial charge in [0.05, 0.1) is 26.0 Å². The topological polar surface area (TPSA) is 43.0 Å². The molecule has 1 fully saturated rings. The average Bonchev–Trinajstić information content (AvgIpc) is 3.23. The molecule has 0 saturated carbocycles. The first-order valence-electron chi connectivity index (χ1n) is 9.34. The third-order valence-electron chi connectivity index (χ3n) is 4.80. The Morgan fingerprint density at radius 2 is 2.14 bits per heavy atom. The van der Waals surface area contributed by atoms with Crippen molar-refractivity contribution >= 4 is 34.6 Å². The lowest BCUT2D eigenvalue weighted by molar-refractivity contribution is 0.0903. The summed E-state index contributed by atoms with van der Waals surface area (Å²) < 4.78 is 30.8. The van der Waals surface area contributed by atoms with Crippen molar-refractivity contribution < 1.29 is 18.6 Å². The number of anilines is 1. The van der Waals surface area contributed by atoms with E-state index in [2.05, 4.69) is 5.32 Å². The van der Waals surface area contributed by atoms with Gasteiger partial charge < -0.3 is 24.4 Å². The Morgan fingerprint density at radius 3 is 2.79 bits per heavy atom. The number of halogens is 2. The average molecular weight is 439 g/mol. The van der Waals surface area contributed by atoms with Crippen molar-refractivity contribution in [3.63, 3.8) is 0 Å². The fraction of sp³-hybridized carbons (Fsp3) is 0.381. The maximum Gasteiger partial charge on any atom is 0.173 e. The van der Waals surface area contributed by atoms with Gasteiger partial charge in [0.15, 0.2) is 5.11 Å². The number of nitrogens with zero attached hydrogens (tertiary/aromatic N) is 1. The van der Waals surface area contributed by atoms with E-state index in [9.17, 15) is 4.39 Å². The van der Waals surface area contributed by atoms with Crippen LogP contribution in [-0.2, 0) is 11.3 Å². The Balaban J connectivity index is 1.82. The Labute approximate surface area is 180 Å². The van der Waals surface area contributed by atoms with Crippen LogP contribution in [0.25, 0.3) is 0 Å². The fourth-order valence-electron chi connectivity index (χ4n) is 3.22. The molecule has 1 heterocycles. The summed E-state index contributed by atoms with van der Waals surface area (Å²) in [4.78, 5) is 1.87. The van der Waals surface area contributed by atoms with Crippen molar-refractivity contribution in [2.24, 2.45) is 0 Å². The van der Waals surface area contributed by atoms with Gasteiger partial charge in [-0.05, 0) is 49.3 Å². The van der Waals surface area contributed by atoms with Crippen LogP contribution in [-0.4, -0.2) is 43.5 Å². The van der Waals surface area contributed by atoms with Crippen molar-refractivity contribution in [1.29, 1.82) is 0 Å². The monoisotopic (exact) mass is 438 g/mol. The SMILES string of the molecule is COc1ccc(NC(=S)N(Cc2c(F)cccc2Cl)CC2CCCO2)c(OC)c1. The van der Waals surface area contributed by atoms with Crippen molar-refractivity contribution in [2.45, 2.75) is 25.5 Å². The third-order valence-corrected chi connectivity index (χ3v) is 5.51. The number of benzene rings is 2. The first kappa shape index (κ1) is 21.6. The number of thiocarbonyl (C=S) groups is 1. The minimum absolute atomic E-state index is 0.0399. The quantitative estimate of drug-likeness (QED) is 0.622. The maximum absolute atomic E-state index is 14.4. The van der Waals surface area contributed by atoms with E-state index in [1.165, 1.54) is 6.07 Å². The molecule has 0 bridgehead atoms. The number of nitrogens with one attached hydrogen (secondary N) is 1. The number of ether oxygens (including phenoxy) is 3. The molecular weight excluding hydrogens is 415 g/mol. The van der Waals surface area contributed by atoms with E-state index in [1.54, 1.807) is 32.4 Å². The van der Waals surface area contributed by atoms with E-state index >= 15 is 0 Å². The van der Waals surface area contributed by atoms with E-state index in [-0.39, 0.29) is 18.5 Å². The number of methoxy groups -OCH3 is 2. The van der Waals surface area contributed by atoms with Gasteiger partial charge in [-0.2, -0.15) is 0 Å². The van der Waals surface area contributed by atoms with Gasteiger partial charge in [-0.25, -0.2) is 4.39 Å². The van der Waals surface area contributed by atoms with E-state index in [4.69, 9.17) is 38.0 Å². The summed E-state index contributed by atoms with van der Waals surface area (Å²) in [6, 6.07) is 10.1. The van der Waals surface area contributed by atoms with Crippen LogP contribution in [0.3, 0.4) is 0 Å². The second-order valence-corrected chi connectivity index (χ2v) is 7.51. The molecule has 0 aromatic heterocycles. The van der Waals surface area contributed by atoms with Gasteiger partial charge in [0, 0.05) is 36.3 Å². The maximum atomic E-state index is 14.4. The van der Waals surface area contributed by atoms with E-state index in [0.717, 1.165) is 19.4 Å². The second-order valence-electron chi connectivity index (χ2n) is 6.71. The standard InChI is InChI=1S/C21H24ClFN2O3S/c1-26-14-8-9-19(20(11-14)27-2)24-21(29)25(12-15-5-4-10-28-15)13-16-17(22)6-3-7-18(16)23/h3,6-9,11,15H,4-5,10,12-13H2,1-2H3,(H,24,29).